The summed E-state index contributed by atoms with van der Waals surface area (Å²) >= 11 is 0. The summed E-state index contributed by atoms with van der Waals surface area (Å²) < 4.78 is 68.2. The van der Waals surface area contributed by atoms with E-state index in [-0.39, 0.29) is 10.8 Å². The molecule has 20 heavy (non-hydrogen) atoms. The van der Waals surface area contributed by atoms with Crippen LogP contribution >= 0.6 is 0 Å². The highest BCUT2D eigenvalue weighted by Crippen LogP contribution is 2.31. The SMILES string of the molecule is Cc1coc(S(=O)(=O)Nc2cccc(C(F)(F)F)c2)c1. The number of furan rings is 1. The van der Waals surface area contributed by atoms with Crippen LogP contribution in [0.25, 0.3) is 0 Å². The third-order valence-corrected chi connectivity index (χ3v) is 3.66. The Bertz CT molecular complexity index is 720. The minimum Gasteiger partial charge on any atom is -0.451 e. The second-order valence-corrected chi connectivity index (χ2v) is 5.74. The van der Waals surface area contributed by atoms with Crippen molar-refractivity contribution in [2.75, 3.05) is 4.72 Å². The van der Waals surface area contributed by atoms with Crippen LogP contribution in [0, 0.1) is 6.92 Å². The summed E-state index contributed by atoms with van der Waals surface area (Å²) in [5, 5.41) is -0.354. The largest absolute Gasteiger partial charge is 0.451 e. The molecule has 0 saturated carbocycles. The molecule has 0 bridgehead atoms. The molecule has 4 nitrogen and oxygen atoms in total. The van der Waals surface area contributed by atoms with Crippen molar-refractivity contribution in [2.45, 2.75) is 18.2 Å². The van der Waals surface area contributed by atoms with E-state index in [0.29, 0.717) is 11.6 Å². The van der Waals surface area contributed by atoms with Crippen LogP contribution in [0.4, 0.5) is 18.9 Å². The highest BCUT2D eigenvalue weighted by Gasteiger charge is 2.30. The number of benzene rings is 1. The van der Waals surface area contributed by atoms with Gasteiger partial charge in [-0.1, -0.05) is 6.07 Å². The molecule has 0 aliphatic heterocycles. The highest BCUT2D eigenvalue weighted by molar-refractivity contribution is 7.92. The lowest BCUT2D eigenvalue weighted by atomic mass is 10.2. The summed E-state index contributed by atoms with van der Waals surface area (Å²) in [6, 6.07) is 5.19. The van der Waals surface area contributed by atoms with Gasteiger partial charge in [-0.05, 0) is 30.7 Å². The monoisotopic (exact) mass is 305 g/mol. The molecule has 2 aromatic rings. The average Bonchev–Trinajstić information content (AvgIpc) is 2.75. The van der Waals surface area contributed by atoms with Crippen molar-refractivity contribution in [1.82, 2.24) is 0 Å². The Hall–Kier alpha value is -1.96. The van der Waals surface area contributed by atoms with Crippen molar-refractivity contribution >= 4 is 15.7 Å². The van der Waals surface area contributed by atoms with Crippen molar-refractivity contribution in [3.05, 3.63) is 47.7 Å². The molecule has 1 aromatic carbocycles. The molecule has 8 heteroatoms. The lowest BCUT2D eigenvalue weighted by molar-refractivity contribution is -0.137. The van der Waals surface area contributed by atoms with Gasteiger partial charge in [0.1, 0.15) is 0 Å². The molecule has 108 valence electrons. The quantitative estimate of drug-likeness (QED) is 0.945. The first-order chi connectivity index (χ1) is 9.18. The van der Waals surface area contributed by atoms with E-state index < -0.39 is 21.8 Å². The average molecular weight is 305 g/mol. The van der Waals surface area contributed by atoms with Crippen LogP contribution in [0.5, 0.6) is 0 Å². The Morgan fingerprint density at radius 2 is 1.90 bits per heavy atom. The van der Waals surface area contributed by atoms with E-state index in [4.69, 9.17) is 4.42 Å². The number of anilines is 1. The van der Waals surface area contributed by atoms with Crippen molar-refractivity contribution < 1.29 is 26.0 Å². The van der Waals surface area contributed by atoms with Crippen molar-refractivity contribution in [3.8, 4) is 0 Å². The second kappa shape index (κ2) is 4.86. The zero-order chi connectivity index (χ0) is 15.0. The van der Waals surface area contributed by atoms with Crippen LogP contribution in [-0.2, 0) is 16.2 Å². The normalized spacial score (nSPS) is 12.4. The number of nitrogens with one attached hydrogen (secondary N) is 1. The maximum Gasteiger partial charge on any atom is 0.416 e. The van der Waals surface area contributed by atoms with Gasteiger partial charge in [-0.3, -0.25) is 4.72 Å². The Morgan fingerprint density at radius 3 is 2.45 bits per heavy atom. The van der Waals surface area contributed by atoms with E-state index in [0.717, 1.165) is 12.1 Å². The highest BCUT2D eigenvalue weighted by atomic mass is 32.2. The second-order valence-electron chi connectivity index (χ2n) is 4.13. The summed E-state index contributed by atoms with van der Waals surface area (Å²) in [6.45, 7) is 1.63. The predicted octanol–water partition coefficient (Wildman–Crippen LogP) is 3.41. The fourth-order valence-corrected chi connectivity index (χ4v) is 2.56. The summed E-state index contributed by atoms with van der Waals surface area (Å²) in [5.41, 5.74) is -0.531. The fourth-order valence-electron chi connectivity index (χ4n) is 1.51. The molecule has 2 rings (SSSR count). The molecule has 0 atom stereocenters. The smallest absolute Gasteiger partial charge is 0.416 e. The summed E-state index contributed by atoms with van der Waals surface area (Å²) in [7, 11) is -4.04. The van der Waals surface area contributed by atoms with Gasteiger partial charge in [0.15, 0.2) is 0 Å². The first-order valence-corrected chi connectivity index (χ1v) is 6.92. The summed E-state index contributed by atoms with van der Waals surface area (Å²) in [5.74, 6) is 0. The summed E-state index contributed by atoms with van der Waals surface area (Å²) in [4.78, 5) is 0. The molecular formula is C12H10F3NO3S. The van der Waals surface area contributed by atoms with Gasteiger partial charge >= 0.3 is 6.18 Å². The van der Waals surface area contributed by atoms with Crippen molar-refractivity contribution in [1.29, 1.82) is 0 Å². The number of hydrogen-bond donors (Lipinski definition) is 1. The lowest BCUT2D eigenvalue weighted by Crippen LogP contribution is -2.13. The molecule has 0 radical (unpaired) electrons. The van der Waals surface area contributed by atoms with Crippen LogP contribution < -0.4 is 4.72 Å². The molecule has 1 aromatic heterocycles. The van der Waals surface area contributed by atoms with Gasteiger partial charge in [-0.15, -0.1) is 0 Å². The molecule has 0 unspecified atom stereocenters. The molecule has 0 saturated heterocycles. The van der Waals surface area contributed by atoms with Crippen LogP contribution in [0.3, 0.4) is 0 Å². The first kappa shape index (κ1) is 14.4. The van der Waals surface area contributed by atoms with E-state index in [1.165, 1.54) is 18.4 Å². The molecule has 0 aliphatic rings. The van der Waals surface area contributed by atoms with Crippen LogP contribution in [0.2, 0.25) is 0 Å². The van der Waals surface area contributed by atoms with Crippen molar-refractivity contribution in [2.24, 2.45) is 0 Å². The first-order valence-electron chi connectivity index (χ1n) is 5.44. The minimum atomic E-state index is -4.54. The fraction of sp³-hybridized carbons (Fsp3) is 0.167. The molecule has 0 fully saturated rings. The van der Waals surface area contributed by atoms with Gasteiger partial charge < -0.3 is 4.42 Å². The van der Waals surface area contributed by atoms with E-state index in [9.17, 15) is 21.6 Å². The number of sulfonamides is 1. The zero-order valence-corrected chi connectivity index (χ0v) is 11.0. The van der Waals surface area contributed by atoms with Crippen molar-refractivity contribution in [3.63, 3.8) is 0 Å². The van der Waals surface area contributed by atoms with Gasteiger partial charge in [0, 0.05) is 11.8 Å². The van der Waals surface area contributed by atoms with E-state index in [1.54, 1.807) is 6.92 Å². The molecule has 0 spiro atoms. The zero-order valence-electron chi connectivity index (χ0n) is 10.2. The van der Waals surface area contributed by atoms with E-state index >= 15 is 0 Å². The number of aryl methyl sites for hydroxylation is 1. The third-order valence-electron chi connectivity index (χ3n) is 2.41. The maximum atomic E-state index is 12.5. The van der Waals surface area contributed by atoms with E-state index in [1.807, 2.05) is 4.72 Å². The molecule has 1 heterocycles. The standard InChI is InChI=1S/C12H10F3NO3S/c1-8-5-11(19-7-8)20(17,18)16-10-4-2-3-9(6-10)12(13,14)15/h2-7,16H,1H3. The topological polar surface area (TPSA) is 59.3 Å². The Balaban J connectivity index is 2.31. The van der Waals surface area contributed by atoms with E-state index in [2.05, 4.69) is 0 Å². The van der Waals surface area contributed by atoms with Gasteiger partial charge in [0.05, 0.1) is 11.8 Å². The van der Waals surface area contributed by atoms with Crippen LogP contribution in [0.15, 0.2) is 46.1 Å². The minimum absolute atomic E-state index is 0.186. The molecule has 0 aliphatic carbocycles. The number of rotatable bonds is 3. The summed E-state index contributed by atoms with van der Waals surface area (Å²) in [6.07, 6.45) is -3.30. The van der Waals surface area contributed by atoms with Gasteiger partial charge in [-0.2, -0.15) is 21.6 Å². The lowest BCUT2D eigenvalue weighted by Gasteiger charge is -2.10. The molecular weight excluding hydrogens is 295 g/mol. The Morgan fingerprint density at radius 1 is 1.20 bits per heavy atom. The Labute approximate surface area is 113 Å². The number of halogens is 3. The Kier molecular flexibility index (Phi) is 3.51. The number of hydrogen-bond acceptors (Lipinski definition) is 3. The molecule has 1 N–H and O–H groups in total. The van der Waals surface area contributed by atoms with Gasteiger partial charge in [0.2, 0.25) is 5.09 Å². The third kappa shape index (κ3) is 3.13. The van der Waals surface area contributed by atoms with Gasteiger partial charge in [-0.25, -0.2) is 0 Å². The van der Waals surface area contributed by atoms with Crippen LogP contribution in [0.1, 0.15) is 11.1 Å². The van der Waals surface area contributed by atoms with Crippen LogP contribution in [-0.4, -0.2) is 8.42 Å². The maximum absolute atomic E-state index is 12.5. The predicted molar refractivity (Wildman–Crippen MR) is 65.7 cm³/mol. The number of alkyl halides is 3. The molecule has 0 amide bonds. The van der Waals surface area contributed by atoms with Gasteiger partial charge in [0.25, 0.3) is 10.0 Å².